The Morgan fingerprint density at radius 3 is 2.91 bits per heavy atom. The summed E-state index contributed by atoms with van der Waals surface area (Å²) < 4.78 is 10.8. The molecule has 0 bridgehead atoms. The summed E-state index contributed by atoms with van der Waals surface area (Å²) in [6, 6.07) is 5.63. The van der Waals surface area contributed by atoms with Crippen molar-refractivity contribution in [2.75, 3.05) is 13.1 Å². The van der Waals surface area contributed by atoms with Gasteiger partial charge in [-0.05, 0) is 45.7 Å². The summed E-state index contributed by atoms with van der Waals surface area (Å²) >= 11 is 0. The van der Waals surface area contributed by atoms with Gasteiger partial charge in [0.2, 0.25) is 5.76 Å². The highest BCUT2D eigenvalue weighted by Crippen LogP contribution is 2.16. The van der Waals surface area contributed by atoms with Crippen molar-refractivity contribution in [3.8, 4) is 6.07 Å². The predicted molar refractivity (Wildman–Crippen MR) is 85.7 cm³/mol. The molecular formula is C17H25N3O3. The first-order valence-electron chi connectivity index (χ1n) is 8.07. The van der Waals surface area contributed by atoms with Crippen LogP contribution in [-0.2, 0) is 11.3 Å². The summed E-state index contributed by atoms with van der Waals surface area (Å²) in [5, 5.41) is 12.2. The molecule has 1 aromatic rings. The van der Waals surface area contributed by atoms with Crippen molar-refractivity contribution in [1.29, 1.82) is 5.26 Å². The van der Waals surface area contributed by atoms with E-state index in [1.54, 1.807) is 17.0 Å². The Hall–Kier alpha value is -2.00. The molecule has 0 radical (unpaired) electrons. The zero-order chi connectivity index (χ0) is 16.9. The Morgan fingerprint density at radius 2 is 2.26 bits per heavy atom. The van der Waals surface area contributed by atoms with Crippen molar-refractivity contribution in [1.82, 2.24) is 10.2 Å². The molecule has 6 heteroatoms. The monoisotopic (exact) mass is 319 g/mol. The van der Waals surface area contributed by atoms with Gasteiger partial charge in [-0.2, -0.15) is 5.26 Å². The first kappa shape index (κ1) is 17.4. The maximum absolute atomic E-state index is 12.2. The van der Waals surface area contributed by atoms with Crippen molar-refractivity contribution in [2.45, 2.75) is 58.2 Å². The van der Waals surface area contributed by atoms with Crippen LogP contribution in [0.5, 0.6) is 0 Å². The fraction of sp³-hybridized carbons (Fsp3) is 0.647. The lowest BCUT2D eigenvalue weighted by atomic mass is 10.1. The van der Waals surface area contributed by atoms with Crippen LogP contribution in [0, 0.1) is 11.3 Å². The van der Waals surface area contributed by atoms with Gasteiger partial charge in [-0.25, -0.2) is 4.79 Å². The van der Waals surface area contributed by atoms with Crippen LogP contribution >= 0.6 is 0 Å². The Balaban J connectivity index is 1.89. The van der Waals surface area contributed by atoms with Crippen molar-refractivity contribution < 1.29 is 13.9 Å². The summed E-state index contributed by atoms with van der Waals surface area (Å²) in [5.41, 5.74) is -0.478. The van der Waals surface area contributed by atoms with Gasteiger partial charge in [0.05, 0.1) is 6.54 Å². The smallest absolute Gasteiger partial charge is 0.410 e. The second-order valence-electron chi connectivity index (χ2n) is 6.88. The maximum atomic E-state index is 12.2. The third kappa shape index (κ3) is 5.61. The van der Waals surface area contributed by atoms with E-state index in [1.165, 1.54) is 0 Å². The topological polar surface area (TPSA) is 78.5 Å². The van der Waals surface area contributed by atoms with Gasteiger partial charge in [0.25, 0.3) is 0 Å². The Kier molecular flexibility index (Phi) is 5.67. The standard InChI is InChI=1S/C17H25N3O3/c1-17(2,3)23-16(21)20-9-5-4-6-13(12-20)19-11-15-8-7-14(10-18)22-15/h7-8,13,19H,4-6,9,11-12H2,1-3H3. The van der Waals surface area contributed by atoms with Crippen LogP contribution in [0.1, 0.15) is 51.6 Å². The second kappa shape index (κ2) is 7.51. The molecule has 1 saturated heterocycles. The van der Waals surface area contributed by atoms with E-state index in [1.807, 2.05) is 26.8 Å². The molecule has 1 atom stereocenters. The fourth-order valence-electron chi connectivity index (χ4n) is 2.58. The molecule has 23 heavy (non-hydrogen) atoms. The molecule has 1 aliphatic rings. The number of nitrogens with one attached hydrogen (secondary N) is 1. The van der Waals surface area contributed by atoms with E-state index in [4.69, 9.17) is 14.4 Å². The van der Waals surface area contributed by atoms with E-state index in [0.29, 0.717) is 18.8 Å². The third-order valence-corrected chi connectivity index (χ3v) is 3.66. The molecule has 2 rings (SSSR count). The third-order valence-electron chi connectivity index (χ3n) is 3.66. The van der Waals surface area contributed by atoms with E-state index in [0.717, 1.165) is 31.6 Å². The first-order chi connectivity index (χ1) is 10.9. The molecule has 0 aliphatic carbocycles. The van der Waals surface area contributed by atoms with Gasteiger partial charge in [0.15, 0.2) is 0 Å². The normalized spacial score (nSPS) is 19.0. The van der Waals surface area contributed by atoms with E-state index >= 15 is 0 Å². The lowest BCUT2D eigenvalue weighted by Gasteiger charge is -2.28. The lowest BCUT2D eigenvalue weighted by Crippen LogP contribution is -2.44. The molecule has 6 nitrogen and oxygen atoms in total. The van der Waals surface area contributed by atoms with Gasteiger partial charge < -0.3 is 19.4 Å². The molecule has 0 saturated carbocycles. The van der Waals surface area contributed by atoms with Gasteiger partial charge >= 0.3 is 6.09 Å². The number of nitrogens with zero attached hydrogens (tertiary/aromatic N) is 2. The van der Waals surface area contributed by atoms with Crippen LogP contribution in [0.25, 0.3) is 0 Å². The van der Waals surface area contributed by atoms with E-state index in [-0.39, 0.29) is 12.1 Å². The zero-order valence-corrected chi connectivity index (χ0v) is 14.1. The molecule has 1 unspecified atom stereocenters. The molecule has 1 amide bonds. The van der Waals surface area contributed by atoms with Gasteiger partial charge in [0.1, 0.15) is 17.4 Å². The summed E-state index contributed by atoms with van der Waals surface area (Å²) in [7, 11) is 0. The molecule has 0 aromatic carbocycles. The van der Waals surface area contributed by atoms with Crippen molar-refractivity contribution in [3.05, 3.63) is 23.7 Å². The van der Waals surface area contributed by atoms with Crippen molar-refractivity contribution in [3.63, 3.8) is 0 Å². The minimum absolute atomic E-state index is 0.195. The zero-order valence-electron chi connectivity index (χ0n) is 14.1. The molecule has 1 aromatic heterocycles. The molecule has 1 fully saturated rings. The van der Waals surface area contributed by atoms with Crippen LogP contribution in [0.4, 0.5) is 4.79 Å². The van der Waals surface area contributed by atoms with E-state index < -0.39 is 5.60 Å². The van der Waals surface area contributed by atoms with Gasteiger partial charge in [0, 0.05) is 19.1 Å². The number of amides is 1. The highest BCUT2D eigenvalue weighted by molar-refractivity contribution is 5.68. The summed E-state index contributed by atoms with van der Waals surface area (Å²) in [5.74, 6) is 1.05. The SMILES string of the molecule is CC(C)(C)OC(=O)N1CCCCC(NCc2ccc(C#N)o2)C1. The molecule has 2 heterocycles. The minimum Gasteiger partial charge on any atom is -0.449 e. The largest absolute Gasteiger partial charge is 0.449 e. The summed E-state index contributed by atoms with van der Waals surface area (Å²) in [4.78, 5) is 14.0. The number of nitriles is 1. The number of furan rings is 1. The molecule has 0 spiro atoms. The van der Waals surface area contributed by atoms with Crippen LogP contribution in [0.3, 0.4) is 0 Å². The highest BCUT2D eigenvalue weighted by atomic mass is 16.6. The highest BCUT2D eigenvalue weighted by Gasteiger charge is 2.26. The number of ether oxygens (including phenoxy) is 1. The minimum atomic E-state index is -0.478. The number of carbonyl (C=O) groups excluding carboxylic acids is 1. The lowest BCUT2D eigenvalue weighted by molar-refractivity contribution is 0.0243. The maximum Gasteiger partial charge on any atom is 0.410 e. The molecular weight excluding hydrogens is 294 g/mol. The predicted octanol–water partition coefficient (Wildman–Crippen LogP) is 3.03. The first-order valence-corrected chi connectivity index (χ1v) is 8.07. The van der Waals surface area contributed by atoms with Gasteiger partial charge in [-0.1, -0.05) is 6.42 Å². The van der Waals surface area contributed by atoms with Crippen molar-refractivity contribution in [2.24, 2.45) is 0 Å². The number of rotatable bonds is 3. The molecule has 126 valence electrons. The van der Waals surface area contributed by atoms with Crippen LogP contribution in [0.2, 0.25) is 0 Å². The molecule has 1 N–H and O–H groups in total. The average molecular weight is 319 g/mol. The Labute approximate surface area is 137 Å². The van der Waals surface area contributed by atoms with Gasteiger partial charge in [-0.3, -0.25) is 0 Å². The fourth-order valence-corrected chi connectivity index (χ4v) is 2.58. The quantitative estimate of drug-likeness (QED) is 0.926. The van der Waals surface area contributed by atoms with Crippen LogP contribution in [0.15, 0.2) is 16.5 Å². The van der Waals surface area contributed by atoms with Crippen LogP contribution in [-0.4, -0.2) is 35.7 Å². The number of likely N-dealkylation sites (tertiary alicyclic amines) is 1. The summed E-state index contributed by atoms with van der Waals surface area (Å²) in [6.45, 7) is 7.54. The Morgan fingerprint density at radius 1 is 1.48 bits per heavy atom. The number of carbonyl (C=O) groups is 1. The van der Waals surface area contributed by atoms with Crippen LogP contribution < -0.4 is 5.32 Å². The summed E-state index contributed by atoms with van der Waals surface area (Å²) in [6.07, 6.45) is 2.80. The number of hydrogen-bond acceptors (Lipinski definition) is 5. The van der Waals surface area contributed by atoms with Gasteiger partial charge in [-0.15, -0.1) is 0 Å². The Bertz CT molecular complexity index is 568. The van der Waals surface area contributed by atoms with Crippen molar-refractivity contribution >= 4 is 6.09 Å². The average Bonchev–Trinajstić information content (AvgIpc) is 2.80. The van der Waals surface area contributed by atoms with E-state index in [9.17, 15) is 4.79 Å². The second-order valence-corrected chi connectivity index (χ2v) is 6.88. The van der Waals surface area contributed by atoms with E-state index in [2.05, 4.69) is 5.32 Å². The number of hydrogen-bond donors (Lipinski definition) is 1. The molecule has 1 aliphatic heterocycles.